The molecule has 9 heteroatoms. The van der Waals surface area contributed by atoms with Crippen LogP contribution in [-0.4, -0.2) is 68.9 Å². The molecule has 0 radical (unpaired) electrons. The summed E-state index contributed by atoms with van der Waals surface area (Å²) in [6.07, 6.45) is 3.86. The molecular formula is C21H25N3O4S2. The highest BCUT2D eigenvalue weighted by molar-refractivity contribution is 7.96. The fraction of sp³-hybridized carbons (Fsp3) is 0.476. The standard InChI is InChI=1S/C21H25N3O4S2/c25-19(16(10-13-29)22-30-14-15-6-2-1-3-7-15)23-11-4-8-17(23)20(26)24-12-5-9-18(24)21(27)28/h1-3,6-7,10,16-18,22H,4-5,8-9,11-12,14H2,(H,27,28)/t16-,17-,18-/m0/s1. The normalized spacial score (nSPS) is 21.9. The number of nitrogens with one attached hydrogen (secondary N) is 1. The minimum Gasteiger partial charge on any atom is -0.480 e. The number of thiocarbonyl (C=S) groups is 1. The molecule has 160 valence electrons. The molecule has 2 aliphatic heterocycles. The fourth-order valence-electron chi connectivity index (χ4n) is 3.96. The van der Waals surface area contributed by atoms with Gasteiger partial charge in [0.25, 0.3) is 0 Å². The van der Waals surface area contributed by atoms with Crippen molar-refractivity contribution in [2.24, 2.45) is 0 Å². The Balaban J connectivity index is 1.65. The molecule has 0 saturated carbocycles. The van der Waals surface area contributed by atoms with Crippen LogP contribution in [0.25, 0.3) is 0 Å². The van der Waals surface area contributed by atoms with Crippen molar-refractivity contribution in [3.8, 4) is 0 Å². The molecule has 0 bridgehead atoms. The minimum atomic E-state index is -0.989. The third-order valence-corrected chi connectivity index (χ3v) is 6.47. The summed E-state index contributed by atoms with van der Waals surface area (Å²) in [6, 6.07) is 7.75. The minimum absolute atomic E-state index is 0.241. The average molecular weight is 448 g/mol. The molecule has 2 saturated heterocycles. The number of likely N-dealkylation sites (tertiary alicyclic amines) is 2. The molecule has 0 spiro atoms. The molecule has 2 N–H and O–H groups in total. The maximum absolute atomic E-state index is 13.2. The Kier molecular flexibility index (Phi) is 8.04. The second-order valence-electron chi connectivity index (χ2n) is 7.37. The predicted octanol–water partition coefficient (Wildman–Crippen LogP) is 2.01. The highest BCUT2D eigenvalue weighted by atomic mass is 32.2. The molecule has 3 atom stereocenters. The van der Waals surface area contributed by atoms with Crippen molar-refractivity contribution in [3.63, 3.8) is 0 Å². The first-order chi connectivity index (χ1) is 14.5. The summed E-state index contributed by atoms with van der Waals surface area (Å²) in [6.45, 7) is 0.885. The Bertz CT molecular complexity index is 829. The summed E-state index contributed by atoms with van der Waals surface area (Å²) in [4.78, 5) is 40.7. The first kappa shape index (κ1) is 22.5. The third kappa shape index (κ3) is 5.29. The Labute approximate surface area is 185 Å². The SMILES string of the molecule is O=C(O)[C@@H]1CCCN1C(=O)[C@@H]1CCCN1C(=O)[C@H](C=C=S)NSCc1ccccc1. The van der Waals surface area contributed by atoms with Crippen molar-refractivity contribution < 1.29 is 19.5 Å². The van der Waals surface area contributed by atoms with Crippen molar-refractivity contribution in [2.45, 2.75) is 49.6 Å². The Morgan fingerprint density at radius 1 is 1.17 bits per heavy atom. The Morgan fingerprint density at radius 2 is 1.83 bits per heavy atom. The monoisotopic (exact) mass is 447 g/mol. The van der Waals surface area contributed by atoms with Gasteiger partial charge in [0, 0.05) is 18.8 Å². The number of nitrogens with zero attached hydrogens (tertiary/aromatic N) is 2. The Morgan fingerprint density at radius 3 is 2.50 bits per heavy atom. The lowest BCUT2D eigenvalue weighted by Gasteiger charge is -2.31. The van der Waals surface area contributed by atoms with E-state index in [9.17, 15) is 19.5 Å². The zero-order valence-corrected chi connectivity index (χ0v) is 18.2. The van der Waals surface area contributed by atoms with Gasteiger partial charge in [0.2, 0.25) is 11.8 Å². The summed E-state index contributed by atoms with van der Waals surface area (Å²) >= 11 is 6.21. The van der Waals surface area contributed by atoms with E-state index in [1.165, 1.54) is 22.9 Å². The number of amides is 2. The van der Waals surface area contributed by atoms with Gasteiger partial charge in [-0.1, -0.05) is 42.3 Å². The van der Waals surface area contributed by atoms with Crippen LogP contribution in [0.2, 0.25) is 0 Å². The van der Waals surface area contributed by atoms with Gasteiger partial charge in [0.15, 0.2) is 0 Å². The molecule has 1 aromatic rings. The molecule has 2 aliphatic rings. The zero-order chi connectivity index (χ0) is 21.5. The van der Waals surface area contributed by atoms with Crippen molar-refractivity contribution in [2.75, 3.05) is 13.1 Å². The fourth-order valence-corrected chi connectivity index (χ4v) is 4.88. The molecule has 30 heavy (non-hydrogen) atoms. The summed E-state index contributed by atoms with van der Waals surface area (Å²) in [5.74, 6) is -0.827. The summed E-state index contributed by atoms with van der Waals surface area (Å²) in [5, 5.41) is 11.9. The van der Waals surface area contributed by atoms with Crippen molar-refractivity contribution in [1.29, 1.82) is 0 Å². The second-order valence-corrected chi connectivity index (χ2v) is 8.42. The van der Waals surface area contributed by atoms with Crippen LogP contribution in [0.4, 0.5) is 0 Å². The number of rotatable bonds is 8. The van der Waals surface area contributed by atoms with Gasteiger partial charge in [-0.15, -0.1) is 0 Å². The maximum Gasteiger partial charge on any atom is 0.326 e. The van der Waals surface area contributed by atoms with E-state index in [2.05, 4.69) is 9.74 Å². The number of hydrogen-bond acceptors (Lipinski definition) is 6. The number of carbonyl (C=O) groups excluding carboxylic acids is 2. The molecule has 1 aromatic carbocycles. The quantitative estimate of drug-likeness (QED) is 0.465. The van der Waals surface area contributed by atoms with E-state index < -0.39 is 24.1 Å². The van der Waals surface area contributed by atoms with Crippen LogP contribution in [0.15, 0.2) is 36.4 Å². The Hall–Kier alpha value is -2.19. The lowest BCUT2D eigenvalue weighted by molar-refractivity contribution is -0.151. The smallest absolute Gasteiger partial charge is 0.326 e. The molecule has 2 fully saturated rings. The molecule has 3 rings (SSSR count). The predicted molar refractivity (Wildman–Crippen MR) is 119 cm³/mol. The van der Waals surface area contributed by atoms with Crippen LogP contribution < -0.4 is 4.72 Å². The van der Waals surface area contributed by atoms with Crippen LogP contribution in [-0.2, 0) is 20.1 Å². The molecule has 2 heterocycles. The van der Waals surface area contributed by atoms with Gasteiger partial charge in [-0.3, -0.25) is 9.59 Å². The van der Waals surface area contributed by atoms with Crippen LogP contribution in [0.3, 0.4) is 0 Å². The summed E-state index contributed by atoms with van der Waals surface area (Å²) in [5.41, 5.74) is 1.12. The van der Waals surface area contributed by atoms with E-state index in [0.29, 0.717) is 44.5 Å². The third-order valence-electron chi connectivity index (χ3n) is 5.43. The van der Waals surface area contributed by atoms with Crippen LogP contribution in [0.5, 0.6) is 0 Å². The molecule has 0 aliphatic carbocycles. The van der Waals surface area contributed by atoms with Gasteiger partial charge in [-0.2, -0.15) is 0 Å². The van der Waals surface area contributed by atoms with Gasteiger partial charge in [0.05, 0.1) is 0 Å². The van der Waals surface area contributed by atoms with Gasteiger partial charge in [0.1, 0.15) is 18.1 Å². The van der Waals surface area contributed by atoms with E-state index >= 15 is 0 Å². The summed E-state index contributed by atoms with van der Waals surface area (Å²) in [7, 11) is 0. The number of aliphatic carboxylic acids is 1. The van der Waals surface area contributed by atoms with Gasteiger partial charge < -0.3 is 14.9 Å². The molecule has 7 nitrogen and oxygen atoms in total. The van der Waals surface area contributed by atoms with E-state index in [0.717, 1.165) is 5.56 Å². The van der Waals surface area contributed by atoms with Crippen molar-refractivity contribution in [3.05, 3.63) is 42.0 Å². The van der Waals surface area contributed by atoms with Gasteiger partial charge in [-0.25, -0.2) is 9.52 Å². The molecule has 0 aromatic heterocycles. The number of carboxylic acids is 1. The summed E-state index contributed by atoms with van der Waals surface area (Å²) < 4.78 is 3.12. The van der Waals surface area contributed by atoms with E-state index in [4.69, 9.17) is 12.2 Å². The largest absolute Gasteiger partial charge is 0.480 e. The zero-order valence-electron chi connectivity index (χ0n) is 16.5. The van der Waals surface area contributed by atoms with Crippen LogP contribution in [0.1, 0.15) is 31.2 Å². The van der Waals surface area contributed by atoms with Crippen molar-refractivity contribution in [1.82, 2.24) is 14.5 Å². The molecule has 2 amide bonds. The second kappa shape index (κ2) is 10.7. The van der Waals surface area contributed by atoms with Crippen LogP contribution >= 0.6 is 24.2 Å². The van der Waals surface area contributed by atoms with Gasteiger partial charge >= 0.3 is 5.97 Å². The molecule has 0 unspecified atom stereocenters. The van der Waals surface area contributed by atoms with E-state index in [1.807, 2.05) is 30.3 Å². The highest BCUT2D eigenvalue weighted by Crippen LogP contribution is 2.26. The lowest BCUT2D eigenvalue weighted by atomic mass is 10.1. The maximum atomic E-state index is 13.2. The van der Waals surface area contributed by atoms with E-state index in [1.54, 1.807) is 4.90 Å². The number of carbonyl (C=O) groups is 3. The average Bonchev–Trinajstić information content (AvgIpc) is 3.43. The first-order valence-corrected chi connectivity index (χ1v) is 11.4. The first-order valence-electron chi connectivity index (χ1n) is 9.99. The van der Waals surface area contributed by atoms with Gasteiger partial charge in [-0.05, 0) is 54.6 Å². The number of benzene rings is 1. The number of hydrogen-bond donors (Lipinski definition) is 2. The lowest BCUT2D eigenvalue weighted by Crippen LogP contribution is -2.53. The van der Waals surface area contributed by atoms with Crippen molar-refractivity contribution >= 4 is 47.0 Å². The van der Waals surface area contributed by atoms with Crippen LogP contribution in [0, 0.1) is 0 Å². The number of carboxylic acid groups (broad SMARTS) is 1. The highest BCUT2D eigenvalue weighted by Gasteiger charge is 2.43. The van der Waals surface area contributed by atoms with E-state index in [-0.39, 0.29) is 11.8 Å². The molecular weight excluding hydrogens is 422 g/mol. The topological polar surface area (TPSA) is 90.0 Å².